The molecule has 0 spiro atoms. The van der Waals surface area contributed by atoms with E-state index in [1.54, 1.807) is 42.8 Å². The smallest absolute Gasteiger partial charge is 0.421 e. The van der Waals surface area contributed by atoms with Crippen LogP contribution in [0.3, 0.4) is 0 Å². The van der Waals surface area contributed by atoms with Crippen molar-refractivity contribution < 1.29 is 36.3 Å². The molecule has 0 saturated carbocycles. The van der Waals surface area contributed by atoms with E-state index in [1.165, 1.54) is 20.2 Å². The number of aromatic nitrogens is 5. The topological polar surface area (TPSA) is 154 Å². The maximum absolute atomic E-state index is 14.1. The van der Waals surface area contributed by atoms with E-state index < -0.39 is 31.1 Å². The van der Waals surface area contributed by atoms with Crippen molar-refractivity contribution >= 4 is 36.6 Å². The Kier molecular flexibility index (Phi) is 9.84. The highest BCUT2D eigenvalue weighted by atomic mass is 31.2. The fraction of sp³-hybridized carbons (Fsp3) is 0.367. The minimum Gasteiger partial charge on any atom is -0.495 e. The van der Waals surface area contributed by atoms with E-state index in [9.17, 15) is 22.5 Å². The van der Waals surface area contributed by atoms with Gasteiger partial charge < -0.3 is 29.7 Å². The molecule has 3 N–H and O–H groups in total. The number of anilines is 4. The fourth-order valence-corrected chi connectivity index (χ4v) is 6.87. The summed E-state index contributed by atoms with van der Waals surface area (Å²) >= 11 is 0. The summed E-state index contributed by atoms with van der Waals surface area (Å²) in [7, 11) is -0.768. The third-order valence-electron chi connectivity index (χ3n) is 7.34. The average Bonchev–Trinajstić information content (AvgIpc) is 3.31. The Bertz CT molecular complexity index is 1850. The molecule has 4 aliphatic heterocycles. The number of alkyl halides is 3. The predicted molar refractivity (Wildman–Crippen MR) is 168 cm³/mol. The van der Waals surface area contributed by atoms with Crippen molar-refractivity contribution in [3.63, 3.8) is 0 Å². The highest BCUT2D eigenvalue weighted by molar-refractivity contribution is 7.53. The Morgan fingerprint density at radius 3 is 2.62 bits per heavy atom. The summed E-state index contributed by atoms with van der Waals surface area (Å²) in [5.41, 5.74) is 2.01. The van der Waals surface area contributed by atoms with Gasteiger partial charge in [-0.1, -0.05) is 6.07 Å². The lowest BCUT2D eigenvalue weighted by molar-refractivity contribution is -0.137. The molecule has 13 nitrogen and oxygen atoms in total. The molecule has 0 radical (unpaired) electrons. The second-order valence-electron chi connectivity index (χ2n) is 10.6. The molecule has 0 fully saturated rings. The van der Waals surface area contributed by atoms with Gasteiger partial charge in [0, 0.05) is 31.0 Å². The van der Waals surface area contributed by atoms with Crippen molar-refractivity contribution in [2.75, 3.05) is 38.0 Å². The Morgan fingerprint density at radius 2 is 1.91 bits per heavy atom. The molecule has 0 unspecified atom stereocenters. The van der Waals surface area contributed by atoms with Crippen LogP contribution in [0.25, 0.3) is 11.3 Å². The number of benzene rings is 1. The first-order valence-corrected chi connectivity index (χ1v) is 16.4. The summed E-state index contributed by atoms with van der Waals surface area (Å²) < 4.78 is 74.7. The van der Waals surface area contributed by atoms with Crippen LogP contribution < -0.4 is 20.7 Å². The summed E-state index contributed by atoms with van der Waals surface area (Å²) in [6.45, 7) is 6.08. The summed E-state index contributed by atoms with van der Waals surface area (Å²) in [5, 5.41) is 12.7. The van der Waals surface area contributed by atoms with Crippen LogP contribution in [-0.4, -0.2) is 58.0 Å². The first-order chi connectivity index (χ1) is 22.4. The molecule has 47 heavy (non-hydrogen) atoms. The monoisotopic (exact) mass is 674 g/mol. The van der Waals surface area contributed by atoms with Gasteiger partial charge in [-0.15, -0.1) is 0 Å². The number of carbonyl (C=O) groups is 1. The summed E-state index contributed by atoms with van der Waals surface area (Å²) in [6, 6.07) is 7.93. The Morgan fingerprint density at radius 1 is 1.15 bits per heavy atom. The normalized spacial score (nSPS) is 16.9. The van der Waals surface area contributed by atoms with Crippen LogP contribution in [0, 0.1) is 13.8 Å². The van der Waals surface area contributed by atoms with Gasteiger partial charge in [0.05, 0.1) is 49.2 Å². The molecule has 250 valence electrons. The van der Waals surface area contributed by atoms with Crippen LogP contribution in [0.1, 0.15) is 46.3 Å². The van der Waals surface area contributed by atoms with Crippen LogP contribution in [0.4, 0.5) is 36.3 Å². The van der Waals surface area contributed by atoms with Crippen LogP contribution in [0.15, 0.2) is 36.5 Å². The second-order valence-corrected chi connectivity index (χ2v) is 12.6. The van der Waals surface area contributed by atoms with Crippen LogP contribution in [-0.2, 0) is 32.5 Å². The first kappa shape index (κ1) is 33.8. The van der Waals surface area contributed by atoms with Gasteiger partial charge in [-0.05, 0) is 57.0 Å². The standard InChI is InChI=1S/C30H34F3N8O5P/c1-6-45-47(43)16-19-8-9-21(24(14-19)44-5)38-29-35-15-20(30(31,32)33)27(39-29)37-23-11-10-22(36-26(23)28(42)34-4)25-17(2)40-41(18(25)3)12-7-13-46-47/h8-11,14-15H,6-7,12-13,16H2,1-5H3,(H,34,42)(H2,35,37,38,39)/t47-/m0/s1. The largest absolute Gasteiger partial charge is 0.495 e. The summed E-state index contributed by atoms with van der Waals surface area (Å²) in [5.74, 6) is -1.15. The molecule has 4 aliphatic rings. The van der Waals surface area contributed by atoms with Crippen LogP contribution in [0.2, 0.25) is 0 Å². The number of hydrogen-bond donors (Lipinski definition) is 3. The molecule has 0 saturated heterocycles. The third kappa shape index (κ3) is 7.39. The lowest BCUT2D eigenvalue weighted by Gasteiger charge is -2.19. The number of hydrogen-bond acceptors (Lipinski definition) is 11. The van der Waals surface area contributed by atoms with E-state index in [-0.39, 0.29) is 42.5 Å². The molecular formula is C30H34F3N8O5P. The van der Waals surface area contributed by atoms with Crippen molar-refractivity contribution in [1.82, 2.24) is 30.0 Å². The predicted octanol–water partition coefficient (Wildman–Crippen LogP) is 6.38. The summed E-state index contributed by atoms with van der Waals surface area (Å²) in [6.07, 6.45) is -3.77. The first-order valence-electron chi connectivity index (χ1n) is 14.7. The maximum atomic E-state index is 14.1. The maximum Gasteiger partial charge on any atom is 0.421 e. The Balaban J connectivity index is 1.66. The average molecular weight is 675 g/mol. The molecular weight excluding hydrogens is 640 g/mol. The van der Waals surface area contributed by atoms with Crippen molar-refractivity contribution in [3.05, 3.63) is 64.7 Å². The minimum absolute atomic E-state index is 0.00843. The number of aryl methyl sites for hydroxylation is 2. The van der Waals surface area contributed by atoms with Crippen molar-refractivity contribution in [2.24, 2.45) is 0 Å². The van der Waals surface area contributed by atoms with Crippen molar-refractivity contribution in [2.45, 2.75) is 46.1 Å². The molecule has 17 heteroatoms. The highest BCUT2D eigenvalue weighted by Gasteiger charge is 2.36. The number of ether oxygens (including phenoxy) is 1. The zero-order valence-electron chi connectivity index (χ0n) is 26.4. The lowest BCUT2D eigenvalue weighted by atomic mass is 10.1. The lowest BCUT2D eigenvalue weighted by Crippen LogP contribution is -2.21. The number of amides is 1. The van der Waals surface area contributed by atoms with E-state index in [0.717, 1.165) is 5.69 Å². The Hall–Kier alpha value is -4.53. The molecule has 1 aromatic carbocycles. The molecule has 3 aromatic heterocycles. The van der Waals surface area contributed by atoms with Gasteiger partial charge >= 0.3 is 13.8 Å². The number of pyridine rings is 1. The zero-order chi connectivity index (χ0) is 33.9. The molecule has 7 heterocycles. The molecule has 0 aliphatic carbocycles. The van der Waals surface area contributed by atoms with E-state index in [0.29, 0.717) is 47.4 Å². The number of methoxy groups -OCH3 is 1. The number of halogens is 3. The van der Waals surface area contributed by atoms with Crippen molar-refractivity contribution in [1.29, 1.82) is 0 Å². The summed E-state index contributed by atoms with van der Waals surface area (Å²) in [4.78, 5) is 25.5. The van der Waals surface area contributed by atoms with E-state index >= 15 is 0 Å². The molecule has 8 rings (SSSR count). The van der Waals surface area contributed by atoms with Gasteiger partial charge in [0.2, 0.25) is 5.95 Å². The minimum atomic E-state index is -4.83. The van der Waals surface area contributed by atoms with Gasteiger partial charge in [-0.25, -0.2) is 9.97 Å². The van der Waals surface area contributed by atoms with Gasteiger partial charge in [-0.2, -0.15) is 23.3 Å². The molecule has 1 atom stereocenters. The van der Waals surface area contributed by atoms with E-state index in [2.05, 4.69) is 36.0 Å². The molecule has 8 bridgehead atoms. The van der Waals surface area contributed by atoms with Crippen molar-refractivity contribution in [3.8, 4) is 17.0 Å². The van der Waals surface area contributed by atoms with Gasteiger partial charge in [0.15, 0.2) is 5.69 Å². The number of carbonyl (C=O) groups excluding carboxylic acids is 1. The fourth-order valence-electron chi connectivity index (χ4n) is 5.17. The van der Waals surface area contributed by atoms with Gasteiger partial charge in [0.1, 0.15) is 17.1 Å². The van der Waals surface area contributed by atoms with E-state index in [4.69, 9.17) is 13.8 Å². The number of nitrogens with one attached hydrogen (secondary N) is 3. The zero-order valence-corrected chi connectivity index (χ0v) is 27.3. The molecule has 1 amide bonds. The molecule has 4 aromatic rings. The Labute approximate surface area is 268 Å². The van der Waals surface area contributed by atoms with Crippen LogP contribution >= 0.6 is 7.60 Å². The van der Waals surface area contributed by atoms with E-state index in [1.807, 2.05) is 6.92 Å². The second kappa shape index (κ2) is 13.7. The quantitative estimate of drug-likeness (QED) is 0.207. The SMILES string of the molecule is CCO[P@@]1(=O)Cc2ccc(c(OC)c2)Nc2ncc(C(F)(F)F)c(n2)Nc2ccc(nc2C(=O)NC)-c2c(C)nn(c2C)CCCO1. The third-order valence-corrected chi connectivity index (χ3v) is 9.32. The van der Waals surface area contributed by atoms with Gasteiger partial charge in [-0.3, -0.25) is 14.0 Å². The van der Waals surface area contributed by atoms with Gasteiger partial charge in [0.25, 0.3) is 5.91 Å². The number of nitrogens with zero attached hydrogens (tertiary/aromatic N) is 5. The van der Waals surface area contributed by atoms with Crippen LogP contribution in [0.5, 0.6) is 5.75 Å². The number of rotatable bonds is 4. The highest BCUT2D eigenvalue weighted by Crippen LogP contribution is 2.52.